The molecule has 0 bridgehead atoms. The van der Waals surface area contributed by atoms with Crippen LogP contribution in [0.1, 0.15) is 21.5 Å². The van der Waals surface area contributed by atoms with Crippen molar-refractivity contribution in [3.05, 3.63) is 89.2 Å². The maximum atomic E-state index is 13.4. The zero-order valence-corrected chi connectivity index (χ0v) is 13.7. The van der Waals surface area contributed by atoms with Crippen molar-refractivity contribution in [1.82, 2.24) is 5.48 Å². The lowest BCUT2D eigenvalue weighted by molar-refractivity contribution is 0.0706. The first-order valence-electron chi connectivity index (χ1n) is 7.88. The molecule has 0 spiro atoms. The summed E-state index contributed by atoms with van der Waals surface area (Å²) in [4.78, 5) is 11.3. The first kappa shape index (κ1) is 17.4. The second kappa shape index (κ2) is 7.63. The number of hydrogen-bond acceptors (Lipinski definition) is 3. The van der Waals surface area contributed by atoms with Crippen molar-refractivity contribution in [1.29, 1.82) is 0 Å². The van der Waals surface area contributed by atoms with Crippen molar-refractivity contribution >= 4 is 18.1 Å². The van der Waals surface area contributed by atoms with Crippen molar-refractivity contribution in [3.8, 4) is 16.9 Å². The monoisotopic (exact) mass is 349 g/mol. The van der Waals surface area contributed by atoms with Gasteiger partial charge in [0.15, 0.2) is 0 Å². The van der Waals surface area contributed by atoms with E-state index < -0.39 is 11.7 Å². The largest absolute Gasteiger partial charge is 0.507 e. The molecule has 0 fully saturated rings. The molecule has 130 valence electrons. The molecule has 0 aromatic heterocycles. The number of hydroxylamine groups is 1. The van der Waals surface area contributed by atoms with Gasteiger partial charge in [-0.15, -0.1) is 0 Å². The highest BCUT2D eigenvalue weighted by Gasteiger charge is 2.06. The van der Waals surface area contributed by atoms with Crippen molar-refractivity contribution in [3.63, 3.8) is 0 Å². The fourth-order valence-corrected chi connectivity index (χ4v) is 2.55. The summed E-state index contributed by atoms with van der Waals surface area (Å²) < 4.78 is 13.4. The molecular weight excluding hydrogens is 333 g/mol. The van der Waals surface area contributed by atoms with Gasteiger partial charge in [0.25, 0.3) is 5.91 Å². The van der Waals surface area contributed by atoms with E-state index in [-0.39, 0.29) is 5.75 Å². The van der Waals surface area contributed by atoms with Crippen LogP contribution in [0, 0.1) is 5.82 Å². The molecule has 0 atom stereocenters. The third-order valence-electron chi connectivity index (χ3n) is 3.90. The van der Waals surface area contributed by atoms with Crippen LogP contribution >= 0.6 is 0 Å². The Bertz CT molecular complexity index is 965. The number of phenolic OH excluding ortho intramolecular Hbond substituents is 1. The maximum Gasteiger partial charge on any atom is 0.274 e. The Balaban J connectivity index is 1.83. The van der Waals surface area contributed by atoms with Gasteiger partial charge in [-0.05, 0) is 53.1 Å². The normalized spacial score (nSPS) is 10.8. The van der Waals surface area contributed by atoms with Gasteiger partial charge in [-0.1, -0.05) is 42.5 Å². The van der Waals surface area contributed by atoms with E-state index in [9.17, 15) is 14.3 Å². The summed E-state index contributed by atoms with van der Waals surface area (Å²) in [6, 6.07) is 17.9. The van der Waals surface area contributed by atoms with Crippen LogP contribution in [-0.4, -0.2) is 16.2 Å². The fourth-order valence-electron chi connectivity index (χ4n) is 2.55. The zero-order chi connectivity index (χ0) is 18.5. The SMILES string of the molecule is O=C(NO)c1ccc(/C=C/c2cccc(-c3cc(F)ccc3O)c2)cc1. The van der Waals surface area contributed by atoms with Crippen LogP contribution in [0.15, 0.2) is 66.7 Å². The first-order chi connectivity index (χ1) is 12.6. The number of carbonyl (C=O) groups is 1. The average molecular weight is 349 g/mol. The van der Waals surface area contributed by atoms with E-state index in [0.29, 0.717) is 16.7 Å². The number of nitrogens with one attached hydrogen (secondary N) is 1. The summed E-state index contributed by atoms with van der Waals surface area (Å²) >= 11 is 0. The highest BCUT2D eigenvalue weighted by molar-refractivity contribution is 5.93. The van der Waals surface area contributed by atoms with Crippen LogP contribution in [0.3, 0.4) is 0 Å². The smallest absolute Gasteiger partial charge is 0.274 e. The van der Waals surface area contributed by atoms with E-state index in [0.717, 1.165) is 11.1 Å². The molecule has 0 aliphatic heterocycles. The summed E-state index contributed by atoms with van der Waals surface area (Å²) in [5.41, 5.74) is 4.83. The molecule has 1 amide bonds. The molecule has 0 aliphatic rings. The number of hydrogen-bond donors (Lipinski definition) is 3. The van der Waals surface area contributed by atoms with E-state index in [2.05, 4.69) is 0 Å². The van der Waals surface area contributed by atoms with Crippen LogP contribution in [0.5, 0.6) is 5.75 Å². The molecule has 3 rings (SSSR count). The van der Waals surface area contributed by atoms with Gasteiger partial charge in [-0.3, -0.25) is 10.0 Å². The van der Waals surface area contributed by atoms with Crippen LogP contribution in [0.4, 0.5) is 4.39 Å². The summed E-state index contributed by atoms with van der Waals surface area (Å²) in [6.07, 6.45) is 3.74. The van der Waals surface area contributed by atoms with E-state index in [1.807, 2.05) is 30.4 Å². The second-order valence-electron chi connectivity index (χ2n) is 5.68. The highest BCUT2D eigenvalue weighted by atomic mass is 19.1. The number of aromatic hydroxyl groups is 1. The number of rotatable bonds is 4. The number of amides is 1. The first-order valence-corrected chi connectivity index (χ1v) is 7.88. The summed E-state index contributed by atoms with van der Waals surface area (Å²) in [5.74, 6) is -0.959. The highest BCUT2D eigenvalue weighted by Crippen LogP contribution is 2.30. The van der Waals surface area contributed by atoms with Crippen LogP contribution in [0.2, 0.25) is 0 Å². The molecule has 3 aromatic carbocycles. The minimum atomic E-state index is -0.567. The van der Waals surface area contributed by atoms with E-state index >= 15 is 0 Å². The molecule has 3 aromatic rings. The van der Waals surface area contributed by atoms with Gasteiger partial charge < -0.3 is 5.11 Å². The predicted octanol–water partition coefficient (Wildman–Crippen LogP) is 4.49. The average Bonchev–Trinajstić information content (AvgIpc) is 2.68. The summed E-state index contributed by atoms with van der Waals surface area (Å²) in [6.45, 7) is 0. The minimum Gasteiger partial charge on any atom is -0.507 e. The van der Waals surface area contributed by atoms with Crippen molar-refractivity contribution in [2.75, 3.05) is 0 Å². The van der Waals surface area contributed by atoms with Crippen LogP contribution in [-0.2, 0) is 0 Å². The lowest BCUT2D eigenvalue weighted by Gasteiger charge is -2.06. The molecule has 0 unspecified atom stereocenters. The van der Waals surface area contributed by atoms with Gasteiger partial charge in [0.05, 0.1) is 0 Å². The van der Waals surface area contributed by atoms with Gasteiger partial charge >= 0.3 is 0 Å². The maximum absolute atomic E-state index is 13.4. The molecule has 0 heterocycles. The van der Waals surface area contributed by atoms with E-state index in [4.69, 9.17) is 5.21 Å². The quantitative estimate of drug-likeness (QED) is 0.369. The van der Waals surface area contributed by atoms with Gasteiger partial charge in [0.2, 0.25) is 0 Å². The summed E-state index contributed by atoms with van der Waals surface area (Å²) in [5, 5.41) is 18.6. The summed E-state index contributed by atoms with van der Waals surface area (Å²) in [7, 11) is 0. The van der Waals surface area contributed by atoms with E-state index in [1.165, 1.54) is 18.2 Å². The topological polar surface area (TPSA) is 69.6 Å². The standard InChI is InChI=1S/C21H16FNO3/c22-18-10-11-20(24)19(13-18)17-3-1-2-15(12-17)5-4-14-6-8-16(9-7-14)21(25)23-26/h1-13,24,26H,(H,23,25)/b5-4+. The van der Waals surface area contributed by atoms with Crippen molar-refractivity contribution < 1.29 is 19.5 Å². The number of halogens is 1. The molecule has 4 nitrogen and oxygen atoms in total. The molecule has 0 aliphatic carbocycles. The Hall–Kier alpha value is -3.44. The molecule has 26 heavy (non-hydrogen) atoms. The Labute approximate surface area is 149 Å². The zero-order valence-electron chi connectivity index (χ0n) is 13.7. The third-order valence-corrected chi connectivity index (χ3v) is 3.90. The Kier molecular flexibility index (Phi) is 5.10. The number of carbonyl (C=O) groups excluding carboxylic acids is 1. The van der Waals surface area contributed by atoms with E-state index in [1.54, 1.807) is 35.8 Å². The van der Waals surface area contributed by atoms with Gasteiger partial charge in [-0.25, -0.2) is 9.87 Å². The molecule has 5 heteroatoms. The van der Waals surface area contributed by atoms with Gasteiger partial charge in [-0.2, -0.15) is 0 Å². The second-order valence-corrected chi connectivity index (χ2v) is 5.68. The molecule has 0 saturated carbocycles. The Morgan fingerprint density at radius 2 is 1.65 bits per heavy atom. The predicted molar refractivity (Wildman–Crippen MR) is 98.1 cm³/mol. The van der Waals surface area contributed by atoms with Gasteiger partial charge in [0, 0.05) is 11.1 Å². The lowest BCUT2D eigenvalue weighted by Crippen LogP contribution is -2.18. The fraction of sp³-hybridized carbons (Fsp3) is 0. The van der Waals surface area contributed by atoms with Crippen molar-refractivity contribution in [2.24, 2.45) is 0 Å². The van der Waals surface area contributed by atoms with Crippen molar-refractivity contribution in [2.45, 2.75) is 0 Å². The molecular formula is C21H16FNO3. The Morgan fingerprint density at radius 3 is 2.38 bits per heavy atom. The van der Waals surface area contributed by atoms with Gasteiger partial charge in [0.1, 0.15) is 11.6 Å². The minimum absolute atomic E-state index is 0.0188. The molecule has 0 saturated heterocycles. The Morgan fingerprint density at radius 1 is 0.923 bits per heavy atom. The third kappa shape index (κ3) is 3.96. The molecule has 0 radical (unpaired) electrons. The van der Waals surface area contributed by atoms with Crippen LogP contribution in [0.25, 0.3) is 23.3 Å². The number of phenols is 1. The van der Waals surface area contributed by atoms with Crippen LogP contribution < -0.4 is 5.48 Å². The number of benzene rings is 3. The lowest BCUT2D eigenvalue weighted by atomic mass is 10.0. The molecule has 3 N–H and O–H groups in total.